The Balaban J connectivity index is 2.29. The summed E-state index contributed by atoms with van der Waals surface area (Å²) in [4.78, 5) is 11.3. The molecule has 1 aliphatic rings. The number of carbonyl (C=O) groups is 1. The summed E-state index contributed by atoms with van der Waals surface area (Å²) >= 11 is 0. The van der Waals surface area contributed by atoms with Crippen LogP contribution in [0.1, 0.15) is 24.5 Å². The van der Waals surface area contributed by atoms with Crippen molar-refractivity contribution in [3.63, 3.8) is 0 Å². The van der Waals surface area contributed by atoms with Gasteiger partial charge in [-0.2, -0.15) is 0 Å². The first-order valence-corrected chi connectivity index (χ1v) is 8.29. The molecule has 4 heteroatoms. The lowest BCUT2D eigenvalue weighted by atomic mass is 9.93. The monoisotopic (exact) mass is 299 g/mol. The summed E-state index contributed by atoms with van der Waals surface area (Å²) in [6.07, 6.45) is 0.668. The standard InChI is InChI=1S/C17H17NO2S/c1-2-17(21(20)11-16(18)19)14-9-5-3-7-12(14)13-8-4-6-10-15(13)17/h3-10H,2,11H2,1H3,(H2,18,19). The third-order valence-corrected chi connectivity index (χ3v) is 6.23. The highest BCUT2D eigenvalue weighted by Crippen LogP contribution is 2.52. The van der Waals surface area contributed by atoms with E-state index in [0.717, 1.165) is 22.3 Å². The number of amides is 1. The third kappa shape index (κ3) is 1.94. The van der Waals surface area contributed by atoms with Gasteiger partial charge in [0.15, 0.2) is 0 Å². The summed E-state index contributed by atoms with van der Waals surface area (Å²) < 4.78 is 12.3. The van der Waals surface area contributed by atoms with Crippen molar-refractivity contribution < 1.29 is 9.00 Å². The Morgan fingerprint density at radius 1 is 1.05 bits per heavy atom. The molecule has 0 saturated carbocycles. The van der Waals surface area contributed by atoms with Gasteiger partial charge in [0.2, 0.25) is 5.91 Å². The zero-order valence-corrected chi connectivity index (χ0v) is 12.7. The molecule has 3 rings (SSSR count). The van der Waals surface area contributed by atoms with Gasteiger partial charge in [0.1, 0.15) is 5.75 Å². The van der Waals surface area contributed by atoms with E-state index in [-0.39, 0.29) is 5.75 Å². The summed E-state index contributed by atoms with van der Waals surface area (Å²) in [6.45, 7) is 2.01. The van der Waals surface area contributed by atoms with E-state index in [0.29, 0.717) is 6.42 Å². The number of hydrogen-bond donors (Lipinski definition) is 1. The van der Waals surface area contributed by atoms with Crippen LogP contribution in [0.5, 0.6) is 0 Å². The summed E-state index contributed by atoms with van der Waals surface area (Å²) in [7, 11) is -1.38. The van der Waals surface area contributed by atoms with Crippen LogP contribution in [0.25, 0.3) is 11.1 Å². The zero-order chi connectivity index (χ0) is 15.0. The second-order valence-electron chi connectivity index (χ2n) is 5.23. The van der Waals surface area contributed by atoms with E-state index in [1.807, 2.05) is 55.5 Å². The van der Waals surface area contributed by atoms with Crippen LogP contribution in [-0.4, -0.2) is 15.9 Å². The van der Waals surface area contributed by atoms with E-state index in [1.165, 1.54) is 0 Å². The SMILES string of the molecule is CCC1(S(=O)CC(N)=O)c2ccccc2-c2ccccc21. The van der Waals surface area contributed by atoms with E-state index in [9.17, 15) is 9.00 Å². The van der Waals surface area contributed by atoms with E-state index in [1.54, 1.807) is 0 Å². The molecule has 0 heterocycles. The Morgan fingerprint density at radius 3 is 1.95 bits per heavy atom. The van der Waals surface area contributed by atoms with Crippen molar-refractivity contribution in [2.45, 2.75) is 18.1 Å². The molecule has 0 spiro atoms. The Morgan fingerprint density at radius 2 is 1.52 bits per heavy atom. The number of fused-ring (bicyclic) bond motifs is 3. The molecule has 2 aromatic rings. The second kappa shape index (κ2) is 5.11. The van der Waals surface area contributed by atoms with Gasteiger partial charge in [-0.25, -0.2) is 0 Å². The average Bonchev–Trinajstić information content (AvgIpc) is 2.78. The number of primary amides is 1. The van der Waals surface area contributed by atoms with Crippen LogP contribution >= 0.6 is 0 Å². The average molecular weight is 299 g/mol. The summed E-state index contributed by atoms with van der Waals surface area (Å²) in [5.41, 5.74) is 9.56. The van der Waals surface area contributed by atoms with Gasteiger partial charge in [-0.3, -0.25) is 9.00 Å². The smallest absolute Gasteiger partial charge is 0.230 e. The van der Waals surface area contributed by atoms with Gasteiger partial charge in [-0.15, -0.1) is 0 Å². The van der Waals surface area contributed by atoms with Crippen LogP contribution in [-0.2, 0) is 20.3 Å². The topological polar surface area (TPSA) is 60.2 Å². The zero-order valence-electron chi connectivity index (χ0n) is 11.8. The summed E-state index contributed by atoms with van der Waals surface area (Å²) in [5, 5.41) is 0. The number of nitrogens with two attached hydrogens (primary N) is 1. The summed E-state index contributed by atoms with van der Waals surface area (Å²) in [5.74, 6) is -0.640. The van der Waals surface area contributed by atoms with Crippen molar-refractivity contribution in [3.05, 3.63) is 59.7 Å². The molecule has 0 aromatic heterocycles. The van der Waals surface area contributed by atoms with Crippen LogP contribution in [0.2, 0.25) is 0 Å². The fraction of sp³-hybridized carbons (Fsp3) is 0.235. The molecular formula is C17H17NO2S. The molecule has 0 aliphatic heterocycles. The molecule has 0 saturated heterocycles. The van der Waals surface area contributed by atoms with Crippen LogP contribution in [0, 0.1) is 0 Å². The molecule has 0 radical (unpaired) electrons. The summed E-state index contributed by atoms with van der Waals surface area (Å²) in [6, 6.07) is 16.0. The molecule has 3 nitrogen and oxygen atoms in total. The van der Waals surface area contributed by atoms with E-state index >= 15 is 0 Å². The number of carbonyl (C=O) groups excluding carboxylic acids is 1. The van der Waals surface area contributed by atoms with Gasteiger partial charge in [0.25, 0.3) is 0 Å². The van der Waals surface area contributed by atoms with Crippen LogP contribution in [0.4, 0.5) is 0 Å². The minimum atomic E-state index is -1.38. The Kier molecular flexibility index (Phi) is 3.41. The Bertz CT molecular complexity index is 694. The highest BCUT2D eigenvalue weighted by molar-refractivity contribution is 7.87. The molecule has 1 atom stereocenters. The lowest BCUT2D eigenvalue weighted by Crippen LogP contribution is -2.35. The first kappa shape index (κ1) is 14.0. The number of hydrogen-bond acceptors (Lipinski definition) is 2. The van der Waals surface area contributed by atoms with Crippen molar-refractivity contribution >= 4 is 16.7 Å². The number of rotatable bonds is 4. The quantitative estimate of drug-likeness (QED) is 0.943. The predicted molar refractivity (Wildman–Crippen MR) is 85.2 cm³/mol. The maximum Gasteiger partial charge on any atom is 0.230 e. The lowest BCUT2D eigenvalue weighted by Gasteiger charge is -2.29. The van der Waals surface area contributed by atoms with E-state index in [4.69, 9.17) is 5.73 Å². The van der Waals surface area contributed by atoms with Crippen molar-refractivity contribution in [1.82, 2.24) is 0 Å². The largest absolute Gasteiger partial charge is 0.369 e. The molecule has 1 aliphatic carbocycles. The molecule has 0 fully saturated rings. The van der Waals surface area contributed by atoms with Crippen molar-refractivity contribution in [3.8, 4) is 11.1 Å². The second-order valence-corrected chi connectivity index (χ2v) is 6.90. The van der Waals surface area contributed by atoms with E-state index in [2.05, 4.69) is 0 Å². The Labute approximate surface area is 126 Å². The molecule has 1 amide bonds. The molecular weight excluding hydrogens is 282 g/mol. The molecule has 2 N–H and O–H groups in total. The van der Waals surface area contributed by atoms with Gasteiger partial charge < -0.3 is 5.73 Å². The van der Waals surface area contributed by atoms with Crippen molar-refractivity contribution in [1.29, 1.82) is 0 Å². The van der Waals surface area contributed by atoms with E-state index < -0.39 is 21.5 Å². The third-order valence-electron chi connectivity index (χ3n) is 4.17. The van der Waals surface area contributed by atoms with Gasteiger partial charge in [-0.05, 0) is 28.7 Å². The highest BCUT2D eigenvalue weighted by atomic mass is 32.2. The molecule has 21 heavy (non-hydrogen) atoms. The van der Waals surface area contributed by atoms with Gasteiger partial charge in [0.05, 0.1) is 4.75 Å². The van der Waals surface area contributed by atoms with Gasteiger partial charge >= 0.3 is 0 Å². The molecule has 108 valence electrons. The maximum absolute atomic E-state index is 12.9. The van der Waals surface area contributed by atoms with Crippen molar-refractivity contribution in [2.24, 2.45) is 5.73 Å². The fourth-order valence-electron chi connectivity index (χ4n) is 3.32. The van der Waals surface area contributed by atoms with Crippen LogP contribution < -0.4 is 5.73 Å². The van der Waals surface area contributed by atoms with Crippen LogP contribution in [0.3, 0.4) is 0 Å². The van der Waals surface area contributed by atoms with Crippen LogP contribution in [0.15, 0.2) is 48.5 Å². The fourth-order valence-corrected chi connectivity index (χ4v) is 5.00. The maximum atomic E-state index is 12.9. The number of benzene rings is 2. The predicted octanol–water partition coefficient (Wildman–Crippen LogP) is 2.55. The first-order chi connectivity index (χ1) is 10.1. The first-order valence-electron chi connectivity index (χ1n) is 6.97. The lowest BCUT2D eigenvalue weighted by molar-refractivity contribution is -0.115. The van der Waals surface area contributed by atoms with Gasteiger partial charge in [-0.1, -0.05) is 55.5 Å². The normalized spacial score (nSPS) is 16.0. The Hall–Kier alpha value is -1.94. The van der Waals surface area contributed by atoms with Crippen molar-refractivity contribution in [2.75, 3.05) is 5.75 Å². The minimum absolute atomic E-state index is 0.115. The van der Waals surface area contributed by atoms with Gasteiger partial charge in [0, 0.05) is 10.8 Å². The minimum Gasteiger partial charge on any atom is -0.369 e. The molecule has 2 aromatic carbocycles. The molecule has 1 unspecified atom stereocenters. The molecule has 0 bridgehead atoms. The highest BCUT2D eigenvalue weighted by Gasteiger charge is 2.46.